The lowest BCUT2D eigenvalue weighted by Gasteiger charge is -2.26. The molecule has 0 aliphatic carbocycles. The first kappa shape index (κ1) is 15.8. The number of unbranched alkanes of at least 4 members (excludes halogenated alkanes) is 1. The summed E-state index contributed by atoms with van der Waals surface area (Å²) in [5.41, 5.74) is 0. The van der Waals surface area contributed by atoms with E-state index in [4.69, 9.17) is 5.11 Å². The molecule has 0 saturated carbocycles. The second kappa shape index (κ2) is 9.97. The Labute approximate surface area is 104 Å². The van der Waals surface area contributed by atoms with Gasteiger partial charge in [0, 0.05) is 12.5 Å². The summed E-state index contributed by atoms with van der Waals surface area (Å²) in [6.07, 6.45) is 5.65. The molecule has 0 aromatic carbocycles. The largest absolute Gasteiger partial charge is 0.481 e. The average molecular weight is 247 g/mol. The zero-order valence-corrected chi connectivity index (χ0v) is 11.6. The van der Waals surface area contributed by atoms with Crippen LogP contribution in [0.2, 0.25) is 0 Å². The normalized spacial score (nSPS) is 11.3. The molecule has 0 unspecified atom stereocenters. The maximum Gasteiger partial charge on any atom is 0.303 e. The van der Waals surface area contributed by atoms with Crippen LogP contribution in [-0.2, 0) is 4.79 Å². The summed E-state index contributed by atoms with van der Waals surface area (Å²) in [5.74, 6) is 0.534. The Morgan fingerprint density at radius 3 is 2.38 bits per heavy atom. The topological polar surface area (TPSA) is 40.5 Å². The minimum absolute atomic E-state index is 0.286. The van der Waals surface area contributed by atoms with Gasteiger partial charge in [0.25, 0.3) is 0 Å². The van der Waals surface area contributed by atoms with Crippen molar-refractivity contribution in [3.63, 3.8) is 0 Å². The Morgan fingerprint density at radius 1 is 1.25 bits per heavy atom. The summed E-state index contributed by atoms with van der Waals surface area (Å²) in [6.45, 7) is 6.35. The second-order valence-electron chi connectivity index (χ2n) is 4.33. The molecule has 1 N–H and O–H groups in total. The van der Waals surface area contributed by atoms with Crippen molar-refractivity contribution in [3.05, 3.63) is 0 Å². The first-order valence-corrected chi connectivity index (χ1v) is 7.42. The zero-order chi connectivity index (χ0) is 12.4. The van der Waals surface area contributed by atoms with E-state index in [1.807, 2.05) is 11.8 Å². The Balaban J connectivity index is 3.66. The summed E-state index contributed by atoms with van der Waals surface area (Å²) in [7, 11) is 0. The van der Waals surface area contributed by atoms with Crippen LogP contribution in [0, 0.1) is 0 Å². The van der Waals surface area contributed by atoms with Gasteiger partial charge in [0.1, 0.15) is 0 Å². The first-order valence-electron chi connectivity index (χ1n) is 6.02. The average Bonchev–Trinajstić information content (AvgIpc) is 2.20. The predicted molar refractivity (Wildman–Crippen MR) is 71.2 cm³/mol. The van der Waals surface area contributed by atoms with Crippen LogP contribution in [0.25, 0.3) is 0 Å². The van der Waals surface area contributed by atoms with Crippen molar-refractivity contribution in [1.29, 1.82) is 0 Å². The third-order valence-corrected chi connectivity index (χ3v) is 3.31. The highest BCUT2D eigenvalue weighted by molar-refractivity contribution is 7.98. The van der Waals surface area contributed by atoms with Crippen molar-refractivity contribution in [2.75, 3.05) is 25.1 Å². The fraction of sp³-hybridized carbons (Fsp3) is 0.917. The fourth-order valence-electron chi connectivity index (χ4n) is 1.62. The molecule has 16 heavy (non-hydrogen) atoms. The van der Waals surface area contributed by atoms with Gasteiger partial charge in [0.15, 0.2) is 0 Å². The van der Waals surface area contributed by atoms with Crippen LogP contribution in [0.3, 0.4) is 0 Å². The maximum absolute atomic E-state index is 10.4. The summed E-state index contributed by atoms with van der Waals surface area (Å²) in [5, 5.41) is 8.59. The van der Waals surface area contributed by atoms with Crippen LogP contribution in [-0.4, -0.2) is 47.1 Å². The lowest BCUT2D eigenvalue weighted by atomic mass is 10.2. The lowest BCUT2D eigenvalue weighted by molar-refractivity contribution is -0.137. The second-order valence-corrected chi connectivity index (χ2v) is 5.31. The van der Waals surface area contributed by atoms with E-state index in [2.05, 4.69) is 25.0 Å². The summed E-state index contributed by atoms with van der Waals surface area (Å²) >= 11 is 1.89. The van der Waals surface area contributed by atoms with E-state index in [0.717, 1.165) is 19.5 Å². The maximum atomic E-state index is 10.4. The van der Waals surface area contributed by atoms with Crippen LogP contribution in [0.1, 0.15) is 39.5 Å². The Morgan fingerprint density at radius 2 is 1.88 bits per heavy atom. The van der Waals surface area contributed by atoms with E-state index in [9.17, 15) is 4.79 Å². The highest BCUT2D eigenvalue weighted by atomic mass is 32.2. The van der Waals surface area contributed by atoms with Crippen LogP contribution in [0.4, 0.5) is 0 Å². The number of hydrogen-bond donors (Lipinski definition) is 1. The third-order valence-electron chi connectivity index (χ3n) is 2.61. The number of carboxylic acid groups (broad SMARTS) is 1. The highest BCUT2D eigenvalue weighted by Crippen LogP contribution is 2.06. The van der Waals surface area contributed by atoms with Gasteiger partial charge < -0.3 is 10.0 Å². The fourth-order valence-corrected chi connectivity index (χ4v) is 2.12. The van der Waals surface area contributed by atoms with Crippen LogP contribution < -0.4 is 0 Å². The standard InChI is InChI=1S/C12H25NO2S/c1-11(2)13(8-4-5-10-16-3)9-6-7-12(14)15/h11H,4-10H2,1-3H3,(H,14,15). The summed E-state index contributed by atoms with van der Waals surface area (Å²) in [4.78, 5) is 12.8. The molecule has 3 nitrogen and oxygen atoms in total. The molecular weight excluding hydrogens is 222 g/mol. The summed E-state index contributed by atoms with van der Waals surface area (Å²) in [6, 6.07) is 0.517. The molecule has 0 heterocycles. The molecule has 0 spiro atoms. The third kappa shape index (κ3) is 9.04. The molecule has 0 bridgehead atoms. The smallest absolute Gasteiger partial charge is 0.303 e. The number of rotatable bonds is 10. The van der Waals surface area contributed by atoms with Crippen molar-refractivity contribution >= 4 is 17.7 Å². The number of carbonyl (C=O) groups is 1. The van der Waals surface area contributed by atoms with Gasteiger partial charge in [0.2, 0.25) is 0 Å². The van der Waals surface area contributed by atoms with Gasteiger partial charge in [-0.15, -0.1) is 0 Å². The zero-order valence-electron chi connectivity index (χ0n) is 10.7. The van der Waals surface area contributed by atoms with E-state index in [0.29, 0.717) is 6.04 Å². The molecule has 0 aromatic rings. The first-order chi connectivity index (χ1) is 7.57. The van der Waals surface area contributed by atoms with Crippen molar-refractivity contribution in [1.82, 2.24) is 4.90 Å². The minimum atomic E-state index is -0.689. The van der Waals surface area contributed by atoms with E-state index in [-0.39, 0.29) is 6.42 Å². The number of thioether (sulfide) groups is 1. The van der Waals surface area contributed by atoms with Crippen molar-refractivity contribution in [3.8, 4) is 0 Å². The minimum Gasteiger partial charge on any atom is -0.481 e. The molecule has 0 saturated heterocycles. The molecule has 0 fully saturated rings. The number of nitrogens with zero attached hydrogens (tertiary/aromatic N) is 1. The molecule has 0 aromatic heterocycles. The van der Waals surface area contributed by atoms with Crippen LogP contribution in [0.5, 0.6) is 0 Å². The Kier molecular flexibility index (Phi) is 9.83. The Bertz CT molecular complexity index is 186. The quantitative estimate of drug-likeness (QED) is 0.603. The number of aliphatic carboxylic acids is 1. The van der Waals surface area contributed by atoms with Gasteiger partial charge in [-0.25, -0.2) is 0 Å². The van der Waals surface area contributed by atoms with Gasteiger partial charge in [-0.1, -0.05) is 0 Å². The molecule has 0 aliphatic rings. The molecule has 0 amide bonds. The predicted octanol–water partition coefficient (Wildman–Crippen LogP) is 2.70. The molecule has 4 heteroatoms. The van der Waals surface area contributed by atoms with Gasteiger partial charge in [0.05, 0.1) is 0 Å². The monoisotopic (exact) mass is 247 g/mol. The van der Waals surface area contributed by atoms with Gasteiger partial charge >= 0.3 is 5.97 Å². The molecular formula is C12H25NO2S. The van der Waals surface area contributed by atoms with Crippen molar-refractivity contribution in [2.24, 2.45) is 0 Å². The molecule has 0 radical (unpaired) electrons. The molecule has 0 atom stereocenters. The van der Waals surface area contributed by atoms with E-state index >= 15 is 0 Å². The molecule has 0 aliphatic heterocycles. The molecule has 96 valence electrons. The van der Waals surface area contributed by atoms with Crippen LogP contribution >= 0.6 is 11.8 Å². The van der Waals surface area contributed by atoms with Crippen molar-refractivity contribution in [2.45, 2.75) is 45.6 Å². The molecule has 0 rings (SSSR count). The van der Waals surface area contributed by atoms with Gasteiger partial charge in [-0.05, 0) is 58.2 Å². The van der Waals surface area contributed by atoms with Gasteiger partial charge in [-0.2, -0.15) is 11.8 Å². The highest BCUT2D eigenvalue weighted by Gasteiger charge is 2.09. The van der Waals surface area contributed by atoms with Gasteiger partial charge in [-0.3, -0.25) is 4.79 Å². The summed E-state index contributed by atoms with van der Waals surface area (Å²) < 4.78 is 0. The van der Waals surface area contributed by atoms with Crippen LogP contribution in [0.15, 0.2) is 0 Å². The van der Waals surface area contributed by atoms with E-state index in [1.54, 1.807) is 0 Å². The number of carboxylic acids is 1. The number of hydrogen-bond acceptors (Lipinski definition) is 3. The van der Waals surface area contributed by atoms with E-state index < -0.39 is 5.97 Å². The van der Waals surface area contributed by atoms with Crippen molar-refractivity contribution < 1.29 is 9.90 Å². The lowest BCUT2D eigenvalue weighted by Crippen LogP contribution is -2.33. The Hall–Kier alpha value is -0.220. The SMILES string of the molecule is CSCCCCN(CCCC(=O)O)C(C)C. The van der Waals surface area contributed by atoms with E-state index in [1.165, 1.54) is 18.6 Å².